The van der Waals surface area contributed by atoms with Crippen LogP contribution in [0.5, 0.6) is 0 Å². The Bertz CT molecular complexity index is 885. The number of fused-ring (bicyclic) bond motifs is 1. The molecule has 1 saturated carbocycles. The summed E-state index contributed by atoms with van der Waals surface area (Å²) < 4.78 is 1.91. The monoisotopic (exact) mass is 356 g/mol. The van der Waals surface area contributed by atoms with Crippen LogP contribution >= 0.6 is 11.3 Å². The van der Waals surface area contributed by atoms with Gasteiger partial charge in [-0.15, -0.1) is 16.4 Å². The maximum atomic E-state index is 6.06. The molecule has 3 aromatic heterocycles. The molecule has 1 atom stereocenters. The molecule has 1 aliphatic heterocycles. The van der Waals surface area contributed by atoms with E-state index < -0.39 is 0 Å². The summed E-state index contributed by atoms with van der Waals surface area (Å²) in [7, 11) is 0. The summed E-state index contributed by atoms with van der Waals surface area (Å²) in [5.74, 6) is 2.32. The summed E-state index contributed by atoms with van der Waals surface area (Å²) in [4.78, 5) is 15.9. The highest BCUT2D eigenvalue weighted by molar-refractivity contribution is 7.09. The summed E-state index contributed by atoms with van der Waals surface area (Å²) in [6.07, 6.45) is 5.33. The average Bonchev–Trinajstić information content (AvgIpc) is 2.98. The normalized spacial score (nSPS) is 21.4. The Morgan fingerprint density at radius 3 is 2.96 bits per heavy atom. The van der Waals surface area contributed by atoms with Crippen LogP contribution in [-0.2, 0) is 13.1 Å². The van der Waals surface area contributed by atoms with E-state index in [1.165, 1.54) is 5.01 Å². The van der Waals surface area contributed by atoms with E-state index in [9.17, 15) is 0 Å². The van der Waals surface area contributed by atoms with E-state index in [1.807, 2.05) is 16.3 Å². The van der Waals surface area contributed by atoms with Crippen LogP contribution in [0.2, 0.25) is 0 Å². The maximum Gasteiger partial charge on any atom is 0.184 e. The lowest BCUT2D eigenvalue weighted by Crippen LogP contribution is -2.21. The molecule has 0 unspecified atom stereocenters. The lowest BCUT2D eigenvalue weighted by atomic mass is 10.1. The van der Waals surface area contributed by atoms with Crippen LogP contribution in [-0.4, -0.2) is 47.9 Å². The zero-order valence-electron chi connectivity index (χ0n) is 13.9. The molecule has 1 saturated heterocycles. The van der Waals surface area contributed by atoms with Crippen molar-refractivity contribution in [3.63, 3.8) is 0 Å². The lowest BCUT2D eigenvalue weighted by Gasteiger charge is -2.14. The van der Waals surface area contributed by atoms with Crippen LogP contribution in [0.25, 0.3) is 11.2 Å². The minimum atomic E-state index is 0.454. The molecule has 0 aromatic carbocycles. The Morgan fingerprint density at radius 2 is 2.16 bits per heavy atom. The fourth-order valence-corrected chi connectivity index (χ4v) is 4.17. The molecule has 9 heteroatoms. The SMILES string of the molecule is Nc1nc(C2CC2)nc2c1nnn2C[C@@H]1CCN(Cc2nccs2)C1. The Labute approximate surface area is 149 Å². The quantitative estimate of drug-likeness (QED) is 0.742. The first-order chi connectivity index (χ1) is 12.3. The first-order valence-corrected chi connectivity index (χ1v) is 9.61. The van der Waals surface area contributed by atoms with Gasteiger partial charge in [0.1, 0.15) is 10.8 Å². The Hall–Kier alpha value is -2.13. The van der Waals surface area contributed by atoms with E-state index in [1.54, 1.807) is 11.3 Å². The minimum Gasteiger partial charge on any atom is -0.382 e. The highest BCUT2D eigenvalue weighted by Gasteiger charge is 2.29. The number of anilines is 1. The summed E-state index contributed by atoms with van der Waals surface area (Å²) in [5, 5.41) is 11.7. The number of nitrogens with zero attached hydrogens (tertiary/aromatic N) is 7. The molecule has 2 N–H and O–H groups in total. The molecule has 0 amide bonds. The Kier molecular flexibility index (Phi) is 3.63. The zero-order chi connectivity index (χ0) is 16.8. The van der Waals surface area contributed by atoms with Crippen LogP contribution in [0.1, 0.15) is 36.0 Å². The smallest absolute Gasteiger partial charge is 0.184 e. The highest BCUT2D eigenvalue weighted by Crippen LogP contribution is 2.38. The molecule has 2 aliphatic rings. The van der Waals surface area contributed by atoms with Crippen molar-refractivity contribution in [2.45, 2.75) is 38.3 Å². The van der Waals surface area contributed by atoms with Gasteiger partial charge in [-0.3, -0.25) is 4.90 Å². The lowest BCUT2D eigenvalue weighted by molar-refractivity contribution is 0.306. The van der Waals surface area contributed by atoms with Gasteiger partial charge in [0.15, 0.2) is 17.0 Å². The molecular weight excluding hydrogens is 336 g/mol. The van der Waals surface area contributed by atoms with Gasteiger partial charge < -0.3 is 5.73 Å². The van der Waals surface area contributed by atoms with Gasteiger partial charge in [0.05, 0.1) is 6.54 Å². The number of thiazole rings is 1. The second-order valence-corrected chi connectivity index (χ2v) is 7.98. The van der Waals surface area contributed by atoms with Crippen molar-refractivity contribution in [1.82, 2.24) is 34.8 Å². The van der Waals surface area contributed by atoms with E-state index in [-0.39, 0.29) is 0 Å². The molecule has 2 fully saturated rings. The van der Waals surface area contributed by atoms with E-state index in [4.69, 9.17) is 10.7 Å². The molecule has 0 bridgehead atoms. The summed E-state index contributed by atoms with van der Waals surface area (Å²) in [6, 6.07) is 0. The Balaban J connectivity index is 1.32. The average molecular weight is 356 g/mol. The summed E-state index contributed by atoms with van der Waals surface area (Å²) >= 11 is 1.72. The van der Waals surface area contributed by atoms with Crippen LogP contribution < -0.4 is 5.73 Å². The molecule has 0 radical (unpaired) electrons. The number of aromatic nitrogens is 6. The third kappa shape index (κ3) is 2.98. The predicted molar refractivity (Wildman–Crippen MR) is 95.0 cm³/mol. The molecule has 0 spiro atoms. The molecule has 25 heavy (non-hydrogen) atoms. The van der Waals surface area contributed by atoms with Crippen LogP contribution in [0.15, 0.2) is 11.6 Å². The molecule has 5 rings (SSSR count). The molecular formula is C16H20N8S. The first-order valence-electron chi connectivity index (χ1n) is 8.73. The summed E-state index contributed by atoms with van der Waals surface area (Å²) in [6.45, 7) is 3.91. The van der Waals surface area contributed by atoms with Gasteiger partial charge in [-0.2, -0.15) is 0 Å². The zero-order valence-corrected chi connectivity index (χ0v) is 14.7. The minimum absolute atomic E-state index is 0.454. The van der Waals surface area contributed by atoms with E-state index in [2.05, 4.69) is 25.2 Å². The van der Waals surface area contributed by atoms with E-state index in [0.29, 0.717) is 23.2 Å². The van der Waals surface area contributed by atoms with Gasteiger partial charge in [0.2, 0.25) is 0 Å². The number of hydrogen-bond donors (Lipinski definition) is 1. The number of nitrogen functional groups attached to an aromatic ring is 1. The molecule has 130 valence electrons. The second kappa shape index (κ2) is 5.99. The molecule has 1 aliphatic carbocycles. The third-order valence-corrected chi connectivity index (χ3v) is 5.76. The Morgan fingerprint density at radius 1 is 1.24 bits per heavy atom. The van der Waals surface area contributed by atoms with Crippen molar-refractivity contribution in [2.75, 3.05) is 18.8 Å². The first kappa shape index (κ1) is 15.2. The van der Waals surface area contributed by atoms with Crippen LogP contribution in [0.4, 0.5) is 5.82 Å². The van der Waals surface area contributed by atoms with Crippen molar-refractivity contribution < 1.29 is 0 Å². The van der Waals surface area contributed by atoms with Gasteiger partial charge in [0, 0.05) is 30.6 Å². The fourth-order valence-electron chi connectivity index (χ4n) is 3.51. The third-order valence-electron chi connectivity index (χ3n) is 4.99. The number of rotatable bonds is 5. The number of nitrogens with two attached hydrogens (primary N) is 1. The van der Waals surface area contributed by atoms with E-state index >= 15 is 0 Å². The van der Waals surface area contributed by atoms with Crippen molar-refractivity contribution in [3.8, 4) is 0 Å². The van der Waals surface area contributed by atoms with E-state index in [0.717, 1.165) is 56.9 Å². The van der Waals surface area contributed by atoms with Gasteiger partial charge in [-0.05, 0) is 31.7 Å². The van der Waals surface area contributed by atoms with Gasteiger partial charge >= 0.3 is 0 Å². The predicted octanol–water partition coefficient (Wildman–Crippen LogP) is 1.66. The van der Waals surface area contributed by atoms with Gasteiger partial charge in [0.25, 0.3) is 0 Å². The topological polar surface area (TPSA) is 98.6 Å². The number of likely N-dealkylation sites (tertiary alicyclic amines) is 1. The molecule has 8 nitrogen and oxygen atoms in total. The summed E-state index contributed by atoms with van der Waals surface area (Å²) in [5.41, 5.74) is 7.47. The van der Waals surface area contributed by atoms with Crippen molar-refractivity contribution in [1.29, 1.82) is 0 Å². The van der Waals surface area contributed by atoms with Crippen molar-refractivity contribution in [2.24, 2.45) is 5.92 Å². The second-order valence-electron chi connectivity index (χ2n) is 7.00. The standard InChI is InChI=1S/C16H20N8S/c17-14-13-16(20-15(19-14)11-1-2-11)24(22-21-13)8-10-3-5-23(7-10)9-12-18-4-6-25-12/h4,6,10-11H,1-3,5,7-9H2,(H2,17,19,20)/t10-/m1/s1. The van der Waals surface area contributed by atoms with Crippen LogP contribution in [0, 0.1) is 5.92 Å². The van der Waals surface area contributed by atoms with Crippen molar-refractivity contribution in [3.05, 3.63) is 22.4 Å². The molecule has 4 heterocycles. The van der Waals surface area contributed by atoms with Crippen LogP contribution in [0.3, 0.4) is 0 Å². The highest BCUT2D eigenvalue weighted by atomic mass is 32.1. The maximum absolute atomic E-state index is 6.06. The fraction of sp³-hybridized carbons (Fsp3) is 0.562. The number of hydrogen-bond acceptors (Lipinski definition) is 8. The molecule has 3 aromatic rings. The van der Waals surface area contributed by atoms with Crippen molar-refractivity contribution >= 4 is 28.3 Å². The van der Waals surface area contributed by atoms with Gasteiger partial charge in [-0.25, -0.2) is 19.6 Å². The van der Waals surface area contributed by atoms with Gasteiger partial charge in [-0.1, -0.05) is 5.21 Å². The largest absolute Gasteiger partial charge is 0.382 e.